The van der Waals surface area contributed by atoms with Crippen LogP contribution in [-0.4, -0.2) is 5.11 Å². The number of hydrogen-bond acceptors (Lipinski definition) is 1. The van der Waals surface area contributed by atoms with Crippen LogP contribution in [0.25, 0.3) is 0 Å². The lowest BCUT2D eigenvalue weighted by Gasteiger charge is -2.15. The van der Waals surface area contributed by atoms with Gasteiger partial charge in [-0.1, -0.05) is 34.1 Å². The number of rotatable bonds is 2. The van der Waals surface area contributed by atoms with E-state index in [-0.39, 0.29) is 0 Å². The minimum Gasteiger partial charge on any atom is -0.384 e. The van der Waals surface area contributed by atoms with Crippen LogP contribution in [0.4, 0.5) is 0 Å². The first-order chi connectivity index (χ1) is 8.49. The van der Waals surface area contributed by atoms with Crippen molar-refractivity contribution in [3.63, 3.8) is 0 Å². The Morgan fingerprint density at radius 2 is 1.78 bits per heavy atom. The van der Waals surface area contributed by atoms with Gasteiger partial charge in [0.15, 0.2) is 0 Å². The topological polar surface area (TPSA) is 20.2 Å². The van der Waals surface area contributed by atoms with E-state index in [1.54, 1.807) is 0 Å². The molecule has 0 bridgehead atoms. The molecule has 94 valence electrons. The van der Waals surface area contributed by atoms with Gasteiger partial charge < -0.3 is 5.11 Å². The summed E-state index contributed by atoms with van der Waals surface area (Å²) in [6.07, 6.45) is -0.589. The molecular formula is C15H14BrIO. The van der Waals surface area contributed by atoms with Crippen molar-refractivity contribution in [3.8, 4) is 0 Å². The highest BCUT2D eigenvalue weighted by molar-refractivity contribution is 14.1. The lowest BCUT2D eigenvalue weighted by molar-refractivity contribution is 0.219. The number of aliphatic hydroxyl groups excluding tert-OH is 1. The van der Waals surface area contributed by atoms with E-state index in [9.17, 15) is 5.11 Å². The molecule has 0 heterocycles. The average molecular weight is 417 g/mol. The molecule has 0 aliphatic rings. The third kappa shape index (κ3) is 2.95. The predicted molar refractivity (Wildman–Crippen MR) is 86.8 cm³/mol. The Kier molecular flexibility index (Phi) is 4.45. The molecule has 2 aromatic rings. The molecule has 1 N–H and O–H groups in total. The van der Waals surface area contributed by atoms with Crippen LogP contribution in [0.1, 0.15) is 28.4 Å². The van der Waals surface area contributed by atoms with Crippen LogP contribution in [0.3, 0.4) is 0 Å². The first-order valence-electron chi connectivity index (χ1n) is 5.69. The number of benzene rings is 2. The predicted octanol–water partition coefficient (Wildman–Crippen LogP) is 4.75. The molecule has 0 radical (unpaired) electrons. The second-order valence-electron chi connectivity index (χ2n) is 4.41. The van der Waals surface area contributed by atoms with Gasteiger partial charge in [0.1, 0.15) is 6.10 Å². The van der Waals surface area contributed by atoms with Gasteiger partial charge >= 0.3 is 0 Å². The molecule has 1 unspecified atom stereocenters. The molecule has 0 aliphatic carbocycles. The van der Waals surface area contributed by atoms with Crippen molar-refractivity contribution >= 4 is 38.5 Å². The van der Waals surface area contributed by atoms with E-state index in [2.05, 4.69) is 58.4 Å². The van der Waals surface area contributed by atoms with E-state index in [0.29, 0.717) is 0 Å². The molecule has 1 nitrogen and oxygen atoms in total. The van der Waals surface area contributed by atoms with Crippen molar-refractivity contribution in [1.29, 1.82) is 0 Å². The van der Waals surface area contributed by atoms with E-state index in [4.69, 9.17) is 0 Å². The van der Waals surface area contributed by atoms with Gasteiger partial charge in [-0.3, -0.25) is 0 Å². The molecule has 0 saturated carbocycles. The van der Waals surface area contributed by atoms with E-state index in [0.717, 1.165) is 19.2 Å². The van der Waals surface area contributed by atoms with Crippen LogP contribution in [0.2, 0.25) is 0 Å². The van der Waals surface area contributed by atoms with Gasteiger partial charge in [0.05, 0.1) is 0 Å². The Labute approximate surface area is 130 Å². The second-order valence-corrected chi connectivity index (χ2v) is 6.51. The van der Waals surface area contributed by atoms with Crippen molar-refractivity contribution in [2.75, 3.05) is 0 Å². The van der Waals surface area contributed by atoms with Crippen molar-refractivity contribution in [1.82, 2.24) is 0 Å². The quantitative estimate of drug-likeness (QED) is 0.700. The third-order valence-corrected chi connectivity index (χ3v) is 4.49. The van der Waals surface area contributed by atoms with E-state index in [1.165, 1.54) is 11.1 Å². The Hall–Kier alpha value is -0.390. The maximum absolute atomic E-state index is 10.5. The second kappa shape index (κ2) is 5.72. The largest absolute Gasteiger partial charge is 0.384 e. The molecule has 18 heavy (non-hydrogen) atoms. The fourth-order valence-electron chi connectivity index (χ4n) is 1.84. The zero-order chi connectivity index (χ0) is 13.3. The van der Waals surface area contributed by atoms with Crippen molar-refractivity contribution < 1.29 is 5.11 Å². The van der Waals surface area contributed by atoms with Crippen molar-refractivity contribution in [3.05, 3.63) is 66.7 Å². The van der Waals surface area contributed by atoms with Gasteiger partial charge in [-0.25, -0.2) is 0 Å². The van der Waals surface area contributed by atoms with Crippen LogP contribution >= 0.6 is 38.5 Å². The highest BCUT2D eigenvalue weighted by Crippen LogP contribution is 2.30. The van der Waals surface area contributed by atoms with Crippen LogP contribution in [-0.2, 0) is 0 Å². The van der Waals surface area contributed by atoms with Crippen LogP contribution in [0.15, 0.2) is 40.9 Å². The standard InChI is InChI=1S/C15H14BrIO/c1-9-3-4-11(7-10(9)2)15(18)13-8-12(17)5-6-14(13)16/h3-8,15,18H,1-2H3. The maximum Gasteiger partial charge on any atom is 0.105 e. The van der Waals surface area contributed by atoms with Crippen molar-refractivity contribution in [2.24, 2.45) is 0 Å². The van der Waals surface area contributed by atoms with Crippen LogP contribution < -0.4 is 0 Å². The smallest absolute Gasteiger partial charge is 0.105 e. The van der Waals surface area contributed by atoms with E-state index >= 15 is 0 Å². The lowest BCUT2D eigenvalue weighted by Crippen LogP contribution is -2.02. The zero-order valence-corrected chi connectivity index (χ0v) is 14.0. The molecule has 2 rings (SSSR count). The highest BCUT2D eigenvalue weighted by Gasteiger charge is 2.14. The van der Waals surface area contributed by atoms with Gasteiger partial charge in [0.25, 0.3) is 0 Å². The van der Waals surface area contributed by atoms with Gasteiger partial charge in [-0.05, 0) is 71.3 Å². The van der Waals surface area contributed by atoms with Gasteiger partial charge in [-0.15, -0.1) is 0 Å². The summed E-state index contributed by atoms with van der Waals surface area (Å²) in [6.45, 7) is 4.14. The van der Waals surface area contributed by atoms with Crippen molar-refractivity contribution in [2.45, 2.75) is 20.0 Å². The molecule has 2 aromatic carbocycles. The minimum atomic E-state index is -0.589. The van der Waals surface area contributed by atoms with Gasteiger partial charge in [-0.2, -0.15) is 0 Å². The summed E-state index contributed by atoms with van der Waals surface area (Å²) in [5.74, 6) is 0. The molecule has 0 aromatic heterocycles. The molecule has 1 atom stereocenters. The Morgan fingerprint density at radius 1 is 1.06 bits per heavy atom. The van der Waals surface area contributed by atoms with E-state index < -0.39 is 6.10 Å². The first-order valence-corrected chi connectivity index (χ1v) is 7.56. The van der Waals surface area contributed by atoms with Crippen LogP contribution in [0.5, 0.6) is 0 Å². The number of aliphatic hydroxyl groups is 1. The molecular weight excluding hydrogens is 403 g/mol. The summed E-state index contributed by atoms with van der Waals surface area (Å²) in [4.78, 5) is 0. The number of hydrogen-bond donors (Lipinski definition) is 1. The molecule has 0 aliphatic heterocycles. The fourth-order valence-corrected chi connectivity index (χ4v) is 2.82. The number of halogens is 2. The summed E-state index contributed by atoms with van der Waals surface area (Å²) in [7, 11) is 0. The molecule has 0 spiro atoms. The molecule has 3 heteroatoms. The first kappa shape index (κ1) is 14.0. The van der Waals surface area contributed by atoms with E-state index in [1.807, 2.05) is 30.3 Å². The summed E-state index contributed by atoms with van der Waals surface area (Å²) in [5.41, 5.74) is 4.28. The maximum atomic E-state index is 10.5. The molecule has 0 saturated heterocycles. The lowest BCUT2D eigenvalue weighted by atomic mass is 9.98. The summed E-state index contributed by atoms with van der Waals surface area (Å²) < 4.78 is 2.06. The van der Waals surface area contributed by atoms with Gasteiger partial charge in [0.2, 0.25) is 0 Å². The Bertz CT molecular complexity index is 581. The summed E-state index contributed by atoms with van der Waals surface area (Å²) >= 11 is 5.75. The Morgan fingerprint density at radius 3 is 2.44 bits per heavy atom. The monoisotopic (exact) mass is 416 g/mol. The Balaban J connectivity index is 2.44. The van der Waals surface area contributed by atoms with Gasteiger partial charge in [0, 0.05) is 13.6 Å². The SMILES string of the molecule is Cc1ccc(C(O)c2cc(I)ccc2Br)cc1C. The molecule has 0 fully saturated rings. The highest BCUT2D eigenvalue weighted by atomic mass is 127. The fraction of sp³-hybridized carbons (Fsp3) is 0.200. The molecule has 0 amide bonds. The average Bonchev–Trinajstić information content (AvgIpc) is 2.35. The minimum absolute atomic E-state index is 0.589. The number of aryl methyl sites for hydroxylation is 2. The summed E-state index contributed by atoms with van der Waals surface area (Å²) in [6, 6.07) is 12.1. The summed E-state index contributed by atoms with van der Waals surface area (Å²) in [5, 5.41) is 10.5. The zero-order valence-electron chi connectivity index (χ0n) is 10.2. The van der Waals surface area contributed by atoms with Crippen LogP contribution in [0, 0.1) is 17.4 Å². The normalized spacial score (nSPS) is 12.5. The third-order valence-electron chi connectivity index (χ3n) is 3.10.